The molecule has 3 heteroatoms. The van der Waals surface area contributed by atoms with E-state index in [-0.39, 0.29) is 0 Å². The Balaban J connectivity index is 1.90. The summed E-state index contributed by atoms with van der Waals surface area (Å²) in [5, 5.41) is 1.13. The number of ether oxygens (including phenoxy) is 1. The Labute approximate surface area is 176 Å². The fraction of sp³-hybridized carbons (Fsp3) is 0.538. The van der Waals surface area contributed by atoms with Crippen LogP contribution in [0.1, 0.15) is 69.8 Å². The van der Waals surface area contributed by atoms with E-state index in [9.17, 15) is 0 Å². The maximum Gasteiger partial charge on any atom is 0.126 e. The molecule has 0 aliphatic heterocycles. The van der Waals surface area contributed by atoms with Crippen molar-refractivity contribution in [3.8, 4) is 16.9 Å². The lowest BCUT2D eigenvalue weighted by atomic mass is 9.99. The van der Waals surface area contributed by atoms with Gasteiger partial charge >= 0.3 is 0 Å². The molecule has 2 aromatic rings. The first kappa shape index (κ1) is 20.7. The van der Waals surface area contributed by atoms with Crippen molar-refractivity contribution in [1.82, 2.24) is 0 Å². The topological polar surface area (TPSA) is 26.3 Å². The molecule has 0 aromatic heterocycles. The van der Waals surface area contributed by atoms with Crippen LogP contribution in [0.4, 0.5) is 0 Å². The van der Waals surface area contributed by atoms with Crippen LogP contribution in [-0.4, -0.2) is 18.4 Å². The molecule has 2 nitrogen and oxygen atoms in total. The van der Waals surface area contributed by atoms with Gasteiger partial charge < -0.3 is 9.30 Å². The van der Waals surface area contributed by atoms with Crippen molar-refractivity contribution in [3.63, 3.8) is 0 Å². The van der Waals surface area contributed by atoms with E-state index in [0.717, 1.165) is 47.9 Å². The average Bonchev–Trinajstić information content (AvgIpc) is 2.79. The highest BCUT2D eigenvalue weighted by Crippen LogP contribution is 2.63. The molecule has 0 heterocycles. The lowest BCUT2D eigenvalue weighted by Crippen LogP contribution is -2.30. The van der Waals surface area contributed by atoms with E-state index in [1.165, 1.54) is 44.1 Å². The summed E-state index contributed by atoms with van der Waals surface area (Å²) in [5.41, 5.74) is 4.17. The second kappa shape index (κ2) is 9.09. The van der Waals surface area contributed by atoms with Gasteiger partial charge in [-0.15, -0.1) is 0 Å². The lowest BCUT2D eigenvalue weighted by Gasteiger charge is -2.39. The van der Waals surface area contributed by atoms with Crippen molar-refractivity contribution in [2.75, 3.05) is 7.11 Å². The van der Waals surface area contributed by atoms with E-state index < -0.39 is 7.14 Å². The zero-order valence-electron chi connectivity index (χ0n) is 18.0. The van der Waals surface area contributed by atoms with E-state index in [1.807, 2.05) is 12.1 Å². The van der Waals surface area contributed by atoms with Crippen molar-refractivity contribution < 1.29 is 9.30 Å². The molecule has 0 amide bonds. The Morgan fingerprint density at radius 2 is 1.38 bits per heavy atom. The molecular formula is C26H35O2P. The molecule has 0 unspecified atom stereocenters. The van der Waals surface area contributed by atoms with Gasteiger partial charge in [0, 0.05) is 22.2 Å². The maximum absolute atomic E-state index is 15.2. The first-order chi connectivity index (χ1) is 14.2. The molecule has 0 radical (unpaired) electrons. The third kappa shape index (κ3) is 3.93. The predicted octanol–water partition coefficient (Wildman–Crippen LogP) is 7.32. The lowest BCUT2D eigenvalue weighted by molar-refractivity contribution is 0.416. The molecule has 0 saturated heterocycles. The zero-order valence-corrected chi connectivity index (χ0v) is 18.9. The number of benzene rings is 2. The van der Waals surface area contributed by atoms with Gasteiger partial charge in [0.05, 0.1) is 7.11 Å². The summed E-state index contributed by atoms with van der Waals surface area (Å²) in [7, 11) is -0.793. The van der Waals surface area contributed by atoms with Crippen molar-refractivity contribution in [2.45, 2.75) is 82.4 Å². The molecule has 156 valence electrons. The van der Waals surface area contributed by atoms with Gasteiger partial charge in [-0.3, -0.25) is 0 Å². The van der Waals surface area contributed by atoms with Crippen LogP contribution >= 0.6 is 7.14 Å². The van der Waals surface area contributed by atoms with Crippen molar-refractivity contribution in [1.29, 1.82) is 0 Å². The van der Waals surface area contributed by atoms with Gasteiger partial charge in [0.25, 0.3) is 0 Å². The first-order valence-electron chi connectivity index (χ1n) is 11.5. The molecule has 0 bridgehead atoms. The van der Waals surface area contributed by atoms with Gasteiger partial charge in [-0.25, -0.2) is 0 Å². The minimum absolute atomic E-state index is 0.357. The van der Waals surface area contributed by atoms with Crippen LogP contribution in [0.25, 0.3) is 11.1 Å². The van der Waals surface area contributed by atoms with Crippen molar-refractivity contribution in [3.05, 3.63) is 48.0 Å². The standard InChI is InChI=1S/C26H35O2P/c1-20-12-11-18-24(28-2)26(20)23-17-9-10-19-25(23)29(27,21-13-5-3-6-14-21)22-15-7-4-8-16-22/h9-12,17-19,21-22H,3-8,13-16H2,1-2H3. The minimum Gasteiger partial charge on any atom is -0.496 e. The summed E-state index contributed by atoms with van der Waals surface area (Å²) in [6.07, 6.45) is 12.1. The van der Waals surface area contributed by atoms with Gasteiger partial charge in [-0.2, -0.15) is 0 Å². The maximum atomic E-state index is 15.2. The largest absolute Gasteiger partial charge is 0.496 e. The van der Waals surface area contributed by atoms with E-state index in [0.29, 0.717) is 11.3 Å². The molecule has 2 aromatic carbocycles. The summed E-state index contributed by atoms with van der Waals surface area (Å²) in [4.78, 5) is 0. The molecule has 2 aliphatic carbocycles. The Bertz CT molecular complexity index is 854. The Hall–Kier alpha value is -1.53. The van der Waals surface area contributed by atoms with Crippen LogP contribution in [0, 0.1) is 6.92 Å². The first-order valence-corrected chi connectivity index (χ1v) is 13.3. The summed E-state index contributed by atoms with van der Waals surface area (Å²) in [6, 6.07) is 14.8. The van der Waals surface area contributed by atoms with Gasteiger partial charge in [0.2, 0.25) is 0 Å². The molecule has 29 heavy (non-hydrogen) atoms. The second-order valence-corrected chi connectivity index (χ2v) is 12.3. The van der Waals surface area contributed by atoms with Gasteiger partial charge in [-0.1, -0.05) is 74.9 Å². The van der Waals surface area contributed by atoms with Gasteiger partial charge in [0.1, 0.15) is 12.9 Å². The van der Waals surface area contributed by atoms with Gasteiger partial charge in [-0.05, 0) is 49.8 Å². The highest BCUT2D eigenvalue weighted by atomic mass is 31.2. The molecule has 2 saturated carbocycles. The zero-order chi connectivity index (χ0) is 20.3. The second-order valence-electron chi connectivity index (χ2n) is 8.96. The Morgan fingerprint density at radius 3 is 1.97 bits per heavy atom. The minimum atomic E-state index is -2.53. The fourth-order valence-corrected chi connectivity index (χ4v) is 10.3. The number of hydrogen-bond donors (Lipinski definition) is 0. The van der Waals surface area contributed by atoms with Crippen LogP contribution in [-0.2, 0) is 4.57 Å². The third-order valence-corrected chi connectivity index (χ3v) is 11.6. The Morgan fingerprint density at radius 1 is 0.793 bits per heavy atom. The van der Waals surface area contributed by atoms with Crippen molar-refractivity contribution in [2.24, 2.45) is 0 Å². The number of aryl methyl sites for hydroxylation is 1. The molecular weight excluding hydrogens is 375 g/mol. The van der Waals surface area contributed by atoms with E-state index in [4.69, 9.17) is 4.74 Å². The average molecular weight is 411 g/mol. The van der Waals surface area contributed by atoms with Gasteiger partial charge in [0.15, 0.2) is 0 Å². The van der Waals surface area contributed by atoms with E-state index in [2.05, 4.69) is 37.3 Å². The summed E-state index contributed by atoms with van der Waals surface area (Å²) < 4.78 is 20.9. The van der Waals surface area contributed by atoms with Crippen LogP contribution in [0.5, 0.6) is 5.75 Å². The van der Waals surface area contributed by atoms with Crippen LogP contribution in [0.2, 0.25) is 0 Å². The molecule has 0 atom stereocenters. The monoisotopic (exact) mass is 410 g/mol. The summed E-state index contributed by atoms with van der Waals surface area (Å²) in [6.45, 7) is 2.14. The predicted molar refractivity (Wildman–Crippen MR) is 124 cm³/mol. The summed E-state index contributed by atoms with van der Waals surface area (Å²) in [5.74, 6) is 0.885. The van der Waals surface area contributed by atoms with Crippen molar-refractivity contribution >= 4 is 12.4 Å². The fourth-order valence-electron chi connectivity index (χ4n) is 5.77. The van der Waals surface area contributed by atoms with Crippen LogP contribution in [0.15, 0.2) is 42.5 Å². The van der Waals surface area contributed by atoms with Crippen LogP contribution in [0.3, 0.4) is 0 Å². The Kier molecular flexibility index (Phi) is 6.50. The SMILES string of the molecule is COc1cccc(C)c1-c1ccccc1P(=O)(C1CCCCC1)C1CCCCC1. The third-order valence-electron chi connectivity index (χ3n) is 7.24. The molecule has 4 rings (SSSR count). The van der Waals surface area contributed by atoms with E-state index >= 15 is 4.57 Å². The molecule has 2 fully saturated rings. The number of rotatable bonds is 5. The molecule has 0 N–H and O–H groups in total. The highest BCUT2D eigenvalue weighted by molar-refractivity contribution is 7.73. The molecule has 0 spiro atoms. The van der Waals surface area contributed by atoms with E-state index in [1.54, 1.807) is 7.11 Å². The quantitative estimate of drug-likeness (QED) is 0.483. The normalized spacial score (nSPS) is 19.2. The number of methoxy groups -OCH3 is 1. The smallest absolute Gasteiger partial charge is 0.126 e. The number of hydrogen-bond acceptors (Lipinski definition) is 2. The highest BCUT2D eigenvalue weighted by Gasteiger charge is 2.43. The van der Waals surface area contributed by atoms with Crippen LogP contribution < -0.4 is 10.0 Å². The summed E-state index contributed by atoms with van der Waals surface area (Å²) >= 11 is 0. The molecule has 2 aliphatic rings.